The first-order valence-electron chi connectivity index (χ1n) is 7.71. The van der Waals surface area contributed by atoms with E-state index in [0.717, 1.165) is 15.1 Å². The number of ether oxygens (including phenoxy) is 1. The van der Waals surface area contributed by atoms with Crippen LogP contribution in [-0.2, 0) is 14.3 Å². The van der Waals surface area contributed by atoms with E-state index < -0.39 is 0 Å². The number of halogens is 1. The second-order valence-electron chi connectivity index (χ2n) is 5.73. The minimum Gasteiger partial charge on any atom is -0.378 e. The van der Waals surface area contributed by atoms with Gasteiger partial charge in [-0.05, 0) is 31.2 Å². The number of morpholine rings is 1. The van der Waals surface area contributed by atoms with Crippen LogP contribution in [0.3, 0.4) is 0 Å². The van der Waals surface area contributed by atoms with E-state index in [4.69, 9.17) is 4.74 Å². The number of quaternary nitrogens is 1. The number of nitrogens with one attached hydrogen (secondary N) is 2. The molecule has 2 atom stereocenters. The van der Waals surface area contributed by atoms with E-state index in [-0.39, 0.29) is 17.9 Å². The second-order valence-corrected chi connectivity index (χ2v) is 6.65. The molecule has 1 heterocycles. The van der Waals surface area contributed by atoms with Gasteiger partial charge in [0.1, 0.15) is 0 Å². The monoisotopic (exact) mass is 384 g/mol. The molecule has 1 fully saturated rings. The SMILES string of the molecule is C[C@@H](C(=O)Nc1ccc(Br)cc1)[NH+](C)CC(=O)N1CCOCC1. The lowest BCUT2D eigenvalue weighted by Gasteiger charge is -2.28. The Labute approximate surface area is 144 Å². The van der Waals surface area contributed by atoms with Crippen molar-refractivity contribution in [2.45, 2.75) is 13.0 Å². The van der Waals surface area contributed by atoms with Crippen LogP contribution in [0, 0.1) is 0 Å². The molecule has 0 spiro atoms. The van der Waals surface area contributed by atoms with Crippen LogP contribution in [0.1, 0.15) is 6.92 Å². The molecule has 6 nitrogen and oxygen atoms in total. The van der Waals surface area contributed by atoms with Gasteiger partial charge in [-0.15, -0.1) is 0 Å². The van der Waals surface area contributed by atoms with Crippen molar-refractivity contribution in [3.8, 4) is 0 Å². The van der Waals surface area contributed by atoms with Crippen molar-refractivity contribution in [3.05, 3.63) is 28.7 Å². The molecule has 0 bridgehead atoms. The van der Waals surface area contributed by atoms with Crippen molar-refractivity contribution in [2.75, 3.05) is 45.2 Å². The predicted molar refractivity (Wildman–Crippen MR) is 91.4 cm³/mol. The first-order chi connectivity index (χ1) is 11.0. The highest BCUT2D eigenvalue weighted by Crippen LogP contribution is 2.14. The van der Waals surface area contributed by atoms with Crippen LogP contribution in [-0.4, -0.2) is 62.7 Å². The number of carbonyl (C=O) groups excluding carboxylic acids is 2. The maximum Gasteiger partial charge on any atom is 0.282 e. The highest BCUT2D eigenvalue weighted by molar-refractivity contribution is 9.10. The molecule has 23 heavy (non-hydrogen) atoms. The summed E-state index contributed by atoms with van der Waals surface area (Å²) in [6, 6.07) is 7.10. The van der Waals surface area contributed by atoms with Gasteiger partial charge in [0, 0.05) is 23.2 Å². The van der Waals surface area contributed by atoms with Gasteiger partial charge in [0.2, 0.25) is 0 Å². The molecule has 7 heteroatoms. The highest BCUT2D eigenvalue weighted by atomic mass is 79.9. The van der Waals surface area contributed by atoms with Gasteiger partial charge in [-0.3, -0.25) is 9.59 Å². The Kier molecular flexibility index (Phi) is 6.56. The summed E-state index contributed by atoms with van der Waals surface area (Å²) in [7, 11) is 1.87. The van der Waals surface area contributed by atoms with E-state index in [9.17, 15) is 9.59 Å². The fourth-order valence-corrected chi connectivity index (χ4v) is 2.59. The molecule has 1 saturated heterocycles. The first-order valence-corrected chi connectivity index (χ1v) is 8.51. The molecule has 1 aliphatic rings. The Morgan fingerprint density at radius 3 is 2.52 bits per heavy atom. The molecule has 2 N–H and O–H groups in total. The summed E-state index contributed by atoms with van der Waals surface area (Å²) in [6.45, 7) is 4.57. The molecular formula is C16H23BrN3O3+. The summed E-state index contributed by atoms with van der Waals surface area (Å²) >= 11 is 3.36. The number of benzene rings is 1. The lowest BCUT2D eigenvalue weighted by molar-refractivity contribution is -0.886. The first kappa shape index (κ1) is 17.9. The molecule has 0 aromatic heterocycles. The van der Waals surface area contributed by atoms with Crippen molar-refractivity contribution in [3.63, 3.8) is 0 Å². The number of carbonyl (C=O) groups is 2. The Morgan fingerprint density at radius 2 is 1.91 bits per heavy atom. The zero-order chi connectivity index (χ0) is 16.8. The Bertz CT molecular complexity index is 544. The van der Waals surface area contributed by atoms with Gasteiger partial charge >= 0.3 is 0 Å². The van der Waals surface area contributed by atoms with E-state index in [1.54, 1.807) is 4.90 Å². The van der Waals surface area contributed by atoms with Crippen LogP contribution in [0.15, 0.2) is 28.7 Å². The topological polar surface area (TPSA) is 63.1 Å². The molecule has 1 aromatic carbocycles. The summed E-state index contributed by atoms with van der Waals surface area (Å²) in [5, 5.41) is 2.88. The fourth-order valence-electron chi connectivity index (χ4n) is 2.32. The van der Waals surface area contributed by atoms with E-state index in [1.165, 1.54) is 0 Å². The van der Waals surface area contributed by atoms with E-state index >= 15 is 0 Å². The van der Waals surface area contributed by atoms with Crippen molar-refractivity contribution in [1.29, 1.82) is 0 Å². The summed E-state index contributed by atoms with van der Waals surface area (Å²) in [5.74, 6) is -0.0336. The molecule has 126 valence electrons. The minimum absolute atomic E-state index is 0.0640. The Morgan fingerprint density at radius 1 is 1.30 bits per heavy atom. The van der Waals surface area contributed by atoms with Crippen LogP contribution < -0.4 is 10.2 Å². The molecule has 2 rings (SSSR count). The van der Waals surface area contributed by atoms with E-state index in [2.05, 4.69) is 21.2 Å². The number of likely N-dealkylation sites (N-methyl/N-ethyl adjacent to an activating group) is 1. The van der Waals surface area contributed by atoms with Gasteiger partial charge in [-0.2, -0.15) is 0 Å². The largest absolute Gasteiger partial charge is 0.378 e. The average Bonchev–Trinajstić information content (AvgIpc) is 2.56. The maximum atomic E-state index is 12.3. The molecule has 0 aliphatic carbocycles. The number of hydrogen-bond acceptors (Lipinski definition) is 3. The summed E-state index contributed by atoms with van der Waals surface area (Å²) < 4.78 is 6.21. The van der Waals surface area contributed by atoms with Crippen LogP contribution in [0.5, 0.6) is 0 Å². The third-order valence-electron chi connectivity index (χ3n) is 4.04. The summed E-state index contributed by atoms with van der Waals surface area (Å²) in [4.78, 5) is 27.2. The van der Waals surface area contributed by atoms with Gasteiger partial charge in [0.25, 0.3) is 11.8 Å². The number of anilines is 1. The van der Waals surface area contributed by atoms with Crippen molar-refractivity contribution >= 4 is 33.4 Å². The van der Waals surface area contributed by atoms with Gasteiger partial charge < -0.3 is 19.9 Å². The molecule has 0 radical (unpaired) electrons. The van der Waals surface area contributed by atoms with Crippen LogP contribution in [0.25, 0.3) is 0 Å². The number of hydrogen-bond donors (Lipinski definition) is 2. The molecule has 1 aliphatic heterocycles. The van der Waals surface area contributed by atoms with E-state index in [1.807, 2.05) is 38.2 Å². The summed E-state index contributed by atoms with van der Waals surface area (Å²) in [6.07, 6.45) is 0. The van der Waals surface area contributed by atoms with Crippen molar-refractivity contribution in [1.82, 2.24) is 4.90 Å². The molecule has 1 aromatic rings. The third kappa shape index (κ3) is 5.30. The van der Waals surface area contributed by atoms with Crippen LogP contribution in [0.4, 0.5) is 5.69 Å². The normalized spacial score (nSPS) is 17.4. The van der Waals surface area contributed by atoms with Gasteiger partial charge in [-0.25, -0.2) is 0 Å². The van der Waals surface area contributed by atoms with Crippen LogP contribution in [0.2, 0.25) is 0 Å². The Balaban J connectivity index is 1.85. The number of amides is 2. The zero-order valence-electron chi connectivity index (χ0n) is 13.5. The smallest absolute Gasteiger partial charge is 0.282 e. The number of nitrogens with zero attached hydrogens (tertiary/aromatic N) is 1. The molecular weight excluding hydrogens is 362 g/mol. The average molecular weight is 385 g/mol. The lowest BCUT2D eigenvalue weighted by atomic mass is 10.2. The minimum atomic E-state index is -0.316. The quantitative estimate of drug-likeness (QED) is 0.759. The zero-order valence-corrected chi connectivity index (χ0v) is 15.1. The third-order valence-corrected chi connectivity index (χ3v) is 4.57. The van der Waals surface area contributed by atoms with Gasteiger partial charge in [0.15, 0.2) is 12.6 Å². The van der Waals surface area contributed by atoms with Crippen LogP contribution >= 0.6 is 15.9 Å². The van der Waals surface area contributed by atoms with Crippen molar-refractivity contribution in [2.24, 2.45) is 0 Å². The Hall–Kier alpha value is -1.44. The van der Waals surface area contributed by atoms with E-state index in [0.29, 0.717) is 32.8 Å². The molecule has 2 amide bonds. The lowest BCUT2D eigenvalue weighted by Crippen LogP contribution is -3.15. The second kappa shape index (κ2) is 8.42. The highest BCUT2D eigenvalue weighted by Gasteiger charge is 2.26. The van der Waals surface area contributed by atoms with Crippen molar-refractivity contribution < 1.29 is 19.2 Å². The fraction of sp³-hybridized carbons (Fsp3) is 0.500. The van der Waals surface area contributed by atoms with Gasteiger partial charge in [0.05, 0.1) is 20.3 Å². The molecule has 0 saturated carbocycles. The predicted octanol–water partition coefficient (Wildman–Crippen LogP) is 0.150. The number of rotatable bonds is 5. The maximum absolute atomic E-state index is 12.3. The summed E-state index contributed by atoms with van der Waals surface area (Å²) in [5.41, 5.74) is 0.748. The van der Waals surface area contributed by atoms with Gasteiger partial charge in [-0.1, -0.05) is 15.9 Å². The standard InChI is InChI=1S/C16H22BrN3O3/c1-12(16(22)18-14-5-3-13(17)4-6-14)19(2)11-15(21)20-7-9-23-10-8-20/h3-6,12H,7-11H2,1-2H3,(H,18,22)/p+1/t12-/m0/s1. The molecule has 1 unspecified atom stereocenters.